The van der Waals surface area contributed by atoms with Crippen LogP contribution in [0.1, 0.15) is 13.8 Å². The Hall–Kier alpha value is 0.663. The summed E-state index contributed by atoms with van der Waals surface area (Å²) in [5.41, 5.74) is 0. The minimum absolute atomic E-state index is 0. The van der Waals surface area contributed by atoms with Gasteiger partial charge >= 0.3 is 55.3 Å². The van der Waals surface area contributed by atoms with Crippen LogP contribution in [0.15, 0.2) is 0 Å². The second-order valence-corrected chi connectivity index (χ2v) is 0.983. The zero-order valence-corrected chi connectivity index (χ0v) is 11.0. The summed E-state index contributed by atoms with van der Waals surface area (Å²) < 4.78 is 0. The molecule has 0 aromatic carbocycles. The van der Waals surface area contributed by atoms with Crippen molar-refractivity contribution < 1.29 is 30.8 Å². The number of hydrogen-bond donors (Lipinski definition) is 0. The first kappa shape index (κ1) is 38.8. The van der Waals surface area contributed by atoms with Gasteiger partial charge in [-0.2, -0.15) is 0 Å². The molecule has 0 aliphatic heterocycles. The Morgan fingerprint density at radius 3 is 0.917 bits per heavy atom. The van der Waals surface area contributed by atoms with E-state index in [1.165, 1.54) is 0 Å². The molecule has 0 aromatic heterocycles. The number of aliphatic carboxylic acids is 2. The van der Waals surface area contributed by atoms with Crippen LogP contribution in [-0.4, -0.2) is 67.3 Å². The molecule has 8 heteroatoms. The predicted molar refractivity (Wildman–Crippen MR) is 34.2 cm³/mol. The van der Waals surface area contributed by atoms with Gasteiger partial charge in [-0.3, -0.25) is 0 Å². The molecule has 0 heterocycles. The molecule has 0 unspecified atom stereocenters. The third kappa shape index (κ3) is 2270. The van der Waals surface area contributed by atoms with Crippen LogP contribution in [0.25, 0.3) is 0 Å². The van der Waals surface area contributed by atoms with Gasteiger partial charge in [-0.1, -0.05) is 0 Å². The number of rotatable bonds is 0. The van der Waals surface area contributed by atoms with Gasteiger partial charge in [0.25, 0.3) is 0 Å². The van der Waals surface area contributed by atoms with Crippen molar-refractivity contribution >= 4 is 67.3 Å². The van der Waals surface area contributed by atoms with Crippen LogP contribution >= 0.6 is 0 Å². The van der Waals surface area contributed by atoms with Gasteiger partial charge in [0.15, 0.2) is 0 Å². The fourth-order valence-corrected chi connectivity index (χ4v) is 0. The van der Waals surface area contributed by atoms with Crippen LogP contribution in [0.5, 0.6) is 0 Å². The monoisotopic (exact) mass is 264 g/mol. The Morgan fingerprint density at radius 1 is 0.917 bits per heavy atom. The first-order valence-corrected chi connectivity index (χ1v) is 1.82. The minimum atomic E-state index is -1.08. The molecule has 0 fully saturated rings. The van der Waals surface area contributed by atoms with Crippen molar-refractivity contribution in [2.75, 3.05) is 0 Å². The van der Waals surface area contributed by atoms with Crippen LogP contribution in [0.3, 0.4) is 0 Å². The quantitative estimate of drug-likeness (QED) is 0.418. The van der Waals surface area contributed by atoms with E-state index < -0.39 is 11.9 Å². The Bertz CT molecular complexity index is 77.5. The summed E-state index contributed by atoms with van der Waals surface area (Å²) in [6.07, 6.45) is 0. The molecule has 0 N–H and O–H groups in total. The number of hydrogen-bond acceptors (Lipinski definition) is 4. The molecule has 12 heavy (non-hydrogen) atoms. The topological polar surface area (TPSA) is 137 Å². The summed E-state index contributed by atoms with van der Waals surface area (Å²) in [5, 5.41) is 17.8. The van der Waals surface area contributed by atoms with Crippen molar-refractivity contribution in [3.05, 3.63) is 0 Å². The van der Waals surface area contributed by atoms with Gasteiger partial charge in [0, 0.05) is 11.9 Å². The van der Waals surface area contributed by atoms with E-state index in [1.54, 1.807) is 0 Å². The molecule has 0 aliphatic rings. The Balaban J connectivity index is -0.0000000112. The van der Waals surface area contributed by atoms with E-state index in [0.717, 1.165) is 13.8 Å². The van der Waals surface area contributed by atoms with Crippen LogP contribution in [-0.2, 0) is 20.5 Å². The molecule has 0 spiro atoms. The van der Waals surface area contributed by atoms with E-state index in [0.29, 0.717) is 0 Å². The van der Waals surface area contributed by atoms with Crippen LogP contribution in [0, 0.1) is 0 Å². The zero-order chi connectivity index (χ0) is 7.15. The van der Waals surface area contributed by atoms with Gasteiger partial charge < -0.3 is 30.8 Å². The fourth-order valence-electron chi connectivity index (χ4n) is 0. The molecule has 0 aromatic rings. The van der Waals surface area contributed by atoms with E-state index in [4.69, 9.17) is 19.8 Å². The van der Waals surface area contributed by atoms with Gasteiger partial charge in [0.2, 0.25) is 0 Å². The van der Waals surface area contributed by atoms with E-state index >= 15 is 0 Å². The van der Waals surface area contributed by atoms with Gasteiger partial charge in [0.1, 0.15) is 0 Å². The van der Waals surface area contributed by atoms with Crippen molar-refractivity contribution in [2.45, 2.75) is 13.8 Å². The molecule has 0 aliphatic carbocycles. The van der Waals surface area contributed by atoms with E-state index in [-0.39, 0.29) is 66.3 Å². The number of carboxylic acid groups (broad SMARTS) is 2. The standard InChI is InChI=1S/2C2H4O2.Ca.Ge.2O/c2*1-2(3)4;;;;/h2*1H3,(H,3,4);;;;/q;;+2;+4;2*-2/p-2. The summed E-state index contributed by atoms with van der Waals surface area (Å²) in [6.45, 7) is 1.94. The Kier molecular flexibility index (Phi) is 96.6. The maximum Gasteiger partial charge on any atom is 4.00 e. The molecule has 0 rings (SSSR count). The van der Waals surface area contributed by atoms with Crippen LogP contribution in [0.4, 0.5) is 0 Å². The second kappa shape index (κ2) is 29.9. The van der Waals surface area contributed by atoms with Crippen LogP contribution < -0.4 is 10.2 Å². The molecule has 6 nitrogen and oxygen atoms in total. The third-order valence-electron chi connectivity index (χ3n) is 0. The van der Waals surface area contributed by atoms with Gasteiger partial charge in [0.05, 0.1) is 0 Å². The smallest absolute Gasteiger partial charge is 2.00 e. The molecule has 0 bridgehead atoms. The first-order chi connectivity index (χ1) is 3.46. The third-order valence-corrected chi connectivity index (χ3v) is 0. The maximum atomic E-state index is 8.89. The Labute approximate surface area is 111 Å². The van der Waals surface area contributed by atoms with Crippen molar-refractivity contribution in [2.24, 2.45) is 0 Å². The molecule has 0 saturated heterocycles. The average Bonchev–Trinajstić information content (AvgIpc) is 1.25. The van der Waals surface area contributed by atoms with Crippen molar-refractivity contribution in [1.82, 2.24) is 0 Å². The summed E-state index contributed by atoms with van der Waals surface area (Å²) >= 11 is 0. The van der Waals surface area contributed by atoms with Crippen LogP contribution in [0.2, 0.25) is 0 Å². The van der Waals surface area contributed by atoms with Gasteiger partial charge in [-0.15, -0.1) is 0 Å². The summed E-state index contributed by atoms with van der Waals surface area (Å²) in [6, 6.07) is 0. The molecule has 0 amide bonds. The van der Waals surface area contributed by atoms with Crippen molar-refractivity contribution in [1.29, 1.82) is 0 Å². The minimum Gasteiger partial charge on any atom is -2.00 e. The van der Waals surface area contributed by atoms with E-state index in [1.807, 2.05) is 0 Å². The zero-order valence-electron chi connectivity index (χ0n) is 6.66. The van der Waals surface area contributed by atoms with Gasteiger partial charge in [-0.05, 0) is 13.8 Å². The van der Waals surface area contributed by atoms with E-state index in [2.05, 4.69) is 0 Å². The predicted octanol–water partition coefficient (Wildman–Crippen LogP) is -3.49. The summed E-state index contributed by atoms with van der Waals surface area (Å²) in [7, 11) is 0. The maximum absolute atomic E-state index is 8.89. The Morgan fingerprint density at radius 2 is 0.917 bits per heavy atom. The molecule has 0 radical (unpaired) electrons. The fraction of sp³-hybridized carbons (Fsp3) is 0.500. The average molecular weight is 263 g/mol. The largest absolute Gasteiger partial charge is 4.00 e. The number of carbonyl (C=O) groups is 2. The summed E-state index contributed by atoms with van der Waals surface area (Å²) in [5.74, 6) is -2.17. The molecule has 64 valence electrons. The molecule has 0 atom stereocenters. The van der Waals surface area contributed by atoms with Gasteiger partial charge in [-0.25, -0.2) is 0 Å². The summed E-state index contributed by atoms with van der Waals surface area (Å²) in [4.78, 5) is 17.8. The molecular weight excluding hydrogens is 257 g/mol. The number of carbonyl (C=O) groups excluding carboxylic acids is 2. The van der Waals surface area contributed by atoms with E-state index in [9.17, 15) is 0 Å². The first-order valence-electron chi connectivity index (χ1n) is 1.82. The normalized spacial score (nSPS) is 4.17. The number of carboxylic acids is 2. The molecular formula is C4H6CaGeO6. The SMILES string of the molecule is CC(=O)[O-].CC(=O)[O-].[Ca+2].[Ge+4].[O-2].[O-2]. The van der Waals surface area contributed by atoms with Crippen molar-refractivity contribution in [3.63, 3.8) is 0 Å². The second-order valence-electron chi connectivity index (χ2n) is 0.983. The van der Waals surface area contributed by atoms with Crippen molar-refractivity contribution in [3.8, 4) is 0 Å². The molecule has 0 saturated carbocycles.